The van der Waals surface area contributed by atoms with E-state index in [1.54, 1.807) is 13.8 Å². The molecule has 0 unspecified atom stereocenters. The summed E-state index contributed by atoms with van der Waals surface area (Å²) in [6.07, 6.45) is 7.19. The van der Waals surface area contributed by atoms with Crippen LogP contribution in [0.1, 0.15) is 87.7 Å². The monoisotopic (exact) mass is 564 g/mol. The number of aliphatic hydroxyl groups is 1. The zero-order valence-corrected chi connectivity index (χ0v) is 24.4. The number of nitrogens with zero attached hydrogens (tertiary/aromatic N) is 6. The van der Waals surface area contributed by atoms with Gasteiger partial charge in [-0.25, -0.2) is 4.52 Å². The number of aromatic nitrogens is 4. The van der Waals surface area contributed by atoms with E-state index in [1.165, 1.54) is 6.33 Å². The maximum Gasteiger partial charge on any atom is 0.259 e. The molecule has 1 aliphatic heterocycles. The third kappa shape index (κ3) is 5.01. The molecule has 42 heavy (non-hydrogen) atoms. The average Bonchev–Trinajstić information content (AvgIpc) is 3.64. The van der Waals surface area contributed by atoms with E-state index in [0.29, 0.717) is 29.9 Å². The summed E-state index contributed by atoms with van der Waals surface area (Å²) >= 11 is 0. The summed E-state index contributed by atoms with van der Waals surface area (Å²) < 4.78 is 3.70. The van der Waals surface area contributed by atoms with Gasteiger partial charge in [0.25, 0.3) is 5.56 Å². The molecule has 1 aliphatic carbocycles. The Morgan fingerprint density at radius 1 is 1.14 bits per heavy atom. The molecule has 9 heteroatoms. The molecule has 6 rings (SSSR count). The van der Waals surface area contributed by atoms with Crippen molar-refractivity contribution in [1.29, 1.82) is 5.26 Å². The lowest BCUT2D eigenvalue weighted by molar-refractivity contribution is -0.0528. The SMILES string of the molecule is CCCc1c(Cc2ccc(-c3ccccc3C#N)cc2)c(=O)n([C@H]2CC[C@]3(CC2)CC(C(C)(C)O)=NO3)c2ncnn12. The molecular weight excluding hydrogens is 528 g/mol. The van der Waals surface area contributed by atoms with Crippen LogP contribution in [0, 0.1) is 11.3 Å². The molecule has 0 bridgehead atoms. The molecule has 3 heterocycles. The molecule has 0 amide bonds. The molecule has 216 valence electrons. The van der Waals surface area contributed by atoms with E-state index >= 15 is 0 Å². The molecule has 1 spiro atoms. The Labute approximate surface area is 245 Å². The van der Waals surface area contributed by atoms with Crippen molar-refractivity contribution >= 4 is 11.5 Å². The fraction of sp³-hybridized carbons (Fsp3) is 0.424. The van der Waals surface area contributed by atoms with Crippen molar-refractivity contribution in [3.63, 3.8) is 0 Å². The van der Waals surface area contributed by atoms with Gasteiger partial charge in [-0.2, -0.15) is 15.3 Å². The highest BCUT2D eigenvalue weighted by molar-refractivity contribution is 5.93. The van der Waals surface area contributed by atoms with Crippen LogP contribution in [0.5, 0.6) is 0 Å². The van der Waals surface area contributed by atoms with Gasteiger partial charge in [-0.1, -0.05) is 61.0 Å². The van der Waals surface area contributed by atoms with E-state index in [2.05, 4.69) is 28.2 Å². The van der Waals surface area contributed by atoms with Crippen molar-refractivity contribution in [2.24, 2.45) is 5.16 Å². The van der Waals surface area contributed by atoms with Gasteiger partial charge in [-0.3, -0.25) is 9.36 Å². The Morgan fingerprint density at radius 3 is 2.55 bits per heavy atom. The topological polar surface area (TPSA) is 118 Å². The molecule has 4 aromatic rings. The Balaban J connectivity index is 1.32. The highest BCUT2D eigenvalue weighted by atomic mass is 16.7. The Hall–Kier alpha value is -4.29. The number of benzene rings is 2. The van der Waals surface area contributed by atoms with Crippen molar-refractivity contribution in [3.05, 3.63) is 87.6 Å². The Morgan fingerprint density at radius 2 is 1.88 bits per heavy atom. The standard InChI is InChI=1S/C33H36N6O3/c1-4-7-28-27(18-22-10-12-23(13-11-22)26-9-6-5-8-24(26)20-34)30(40)38(31-35-21-36-39(28)31)25-14-16-33(17-15-25)19-29(37-42-33)32(2,3)41/h5-6,8-13,21,25,41H,4,7,14-19H2,1-3H3/t25-,33-. The third-order valence-corrected chi connectivity index (χ3v) is 8.78. The second kappa shape index (κ2) is 10.8. The number of hydrogen-bond donors (Lipinski definition) is 1. The number of fused-ring (bicyclic) bond motifs is 1. The smallest absolute Gasteiger partial charge is 0.259 e. The first kappa shape index (κ1) is 27.9. The minimum Gasteiger partial charge on any atom is -0.389 e. The average molecular weight is 565 g/mol. The second-order valence-electron chi connectivity index (χ2n) is 12.1. The van der Waals surface area contributed by atoms with Crippen molar-refractivity contribution in [1.82, 2.24) is 19.2 Å². The molecule has 2 aromatic carbocycles. The van der Waals surface area contributed by atoms with Crippen LogP contribution < -0.4 is 5.56 Å². The number of nitriles is 1. The maximum absolute atomic E-state index is 14.3. The molecule has 0 saturated heterocycles. The first-order valence-corrected chi connectivity index (χ1v) is 14.8. The molecule has 1 saturated carbocycles. The molecule has 0 radical (unpaired) electrons. The Kier molecular flexibility index (Phi) is 7.19. The molecule has 2 aliphatic rings. The van der Waals surface area contributed by atoms with E-state index in [9.17, 15) is 15.2 Å². The normalized spacial score (nSPS) is 20.5. The summed E-state index contributed by atoms with van der Waals surface area (Å²) in [5.74, 6) is 0.581. The van der Waals surface area contributed by atoms with E-state index < -0.39 is 11.2 Å². The van der Waals surface area contributed by atoms with Gasteiger partial charge in [0.15, 0.2) is 0 Å². The van der Waals surface area contributed by atoms with Crippen molar-refractivity contribution in [3.8, 4) is 17.2 Å². The summed E-state index contributed by atoms with van der Waals surface area (Å²) in [4.78, 5) is 24.8. The van der Waals surface area contributed by atoms with Crippen LogP contribution in [-0.4, -0.2) is 41.2 Å². The predicted molar refractivity (Wildman–Crippen MR) is 160 cm³/mol. The number of hydrogen-bond acceptors (Lipinski definition) is 7. The summed E-state index contributed by atoms with van der Waals surface area (Å²) in [6, 6.07) is 17.9. The van der Waals surface area contributed by atoms with Gasteiger partial charge in [0.05, 0.1) is 23.0 Å². The van der Waals surface area contributed by atoms with Crippen molar-refractivity contribution in [2.75, 3.05) is 0 Å². The molecular formula is C33H36N6O3. The fourth-order valence-electron chi connectivity index (χ4n) is 6.42. The predicted octanol–water partition coefficient (Wildman–Crippen LogP) is 5.37. The molecule has 0 atom stereocenters. The first-order valence-electron chi connectivity index (χ1n) is 14.8. The van der Waals surface area contributed by atoms with Crippen LogP contribution in [-0.2, 0) is 17.7 Å². The van der Waals surface area contributed by atoms with E-state index in [0.717, 1.165) is 66.5 Å². The third-order valence-electron chi connectivity index (χ3n) is 8.78. The second-order valence-corrected chi connectivity index (χ2v) is 12.1. The number of rotatable bonds is 7. The highest BCUT2D eigenvalue weighted by Crippen LogP contribution is 2.43. The van der Waals surface area contributed by atoms with Gasteiger partial charge in [0.2, 0.25) is 5.78 Å². The summed E-state index contributed by atoms with van der Waals surface area (Å²) in [7, 11) is 0. The van der Waals surface area contributed by atoms with Crippen LogP contribution >= 0.6 is 0 Å². The lowest BCUT2D eigenvalue weighted by Gasteiger charge is -2.36. The van der Waals surface area contributed by atoms with Gasteiger partial charge < -0.3 is 9.94 Å². The van der Waals surface area contributed by atoms with E-state index in [4.69, 9.17) is 4.84 Å². The fourth-order valence-corrected chi connectivity index (χ4v) is 6.42. The first-order chi connectivity index (χ1) is 20.2. The van der Waals surface area contributed by atoms with Crippen LogP contribution in [0.2, 0.25) is 0 Å². The van der Waals surface area contributed by atoms with Crippen LogP contribution in [0.3, 0.4) is 0 Å². The summed E-state index contributed by atoms with van der Waals surface area (Å²) in [5, 5.41) is 28.7. The molecule has 1 N–H and O–H groups in total. The lowest BCUT2D eigenvalue weighted by atomic mass is 9.77. The van der Waals surface area contributed by atoms with Crippen LogP contribution in [0.4, 0.5) is 0 Å². The Bertz CT molecular complexity index is 1750. The molecule has 9 nitrogen and oxygen atoms in total. The van der Waals surface area contributed by atoms with E-state index in [-0.39, 0.29) is 11.6 Å². The summed E-state index contributed by atoms with van der Waals surface area (Å²) in [6.45, 7) is 5.57. The van der Waals surface area contributed by atoms with Crippen molar-refractivity contribution in [2.45, 2.75) is 89.4 Å². The summed E-state index contributed by atoms with van der Waals surface area (Å²) in [5.41, 5.74) is 4.39. The quantitative estimate of drug-likeness (QED) is 0.322. The minimum absolute atomic E-state index is 0.0143. The van der Waals surface area contributed by atoms with Gasteiger partial charge in [-0.05, 0) is 68.7 Å². The van der Waals surface area contributed by atoms with Gasteiger partial charge in [0, 0.05) is 24.4 Å². The van der Waals surface area contributed by atoms with Gasteiger partial charge in [-0.15, -0.1) is 0 Å². The molecule has 1 fully saturated rings. The van der Waals surface area contributed by atoms with E-state index in [1.807, 2.05) is 57.6 Å². The highest BCUT2D eigenvalue weighted by Gasteiger charge is 2.46. The van der Waals surface area contributed by atoms with Gasteiger partial charge >= 0.3 is 0 Å². The van der Waals surface area contributed by atoms with Crippen molar-refractivity contribution < 1.29 is 9.94 Å². The minimum atomic E-state index is -1.01. The van der Waals surface area contributed by atoms with Gasteiger partial charge in [0.1, 0.15) is 17.5 Å². The molecule has 2 aromatic heterocycles. The largest absolute Gasteiger partial charge is 0.389 e. The lowest BCUT2D eigenvalue weighted by Crippen LogP contribution is -2.41. The van der Waals surface area contributed by atoms with Crippen LogP contribution in [0.15, 0.2) is 64.8 Å². The number of aryl methyl sites for hydroxylation is 1. The van der Waals surface area contributed by atoms with Crippen LogP contribution in [0.25, 0.3) is 16.9 Å². The number of oxime groups is 1. The zero-order valence-electron chi connectivity index (χ0n) is 24.4. The zero-order chi connectivity index (χ0) is 29.5. The maximum atomic E-state index is 14.3.